The van der Waals surface area contributed by atoms with Crippen molar-refractivity contribution in [3.05, 3.63) is 29.6 Å². The first-order valence-corrected chi connectivity index (χ1v) is 4.54. The summed E-state index contributed by atoms with van der Waals surface area (Å²) in [7, 11) is 0. The van der Waals surface area contributed by atoms with Crippen molar-refractivity contribution in [3.63, 3.8) is 0 Å². The van der Waals surface area contributed by atoms with Gasteiger partial charge in [-0.15, -0.1) is 0 Å². The van der Waals surface area contributed by atoms with E-state index in [2.05, 4.69) is 4.98 Å². The van der Waals surface area contributed by atoms with Crippen molar-refractivity contribution < 1.29 is 18.0 Å². The minimum atomic E-state index is -4.37. The fraction of sp³-hybridized carbons (Fsp3) is 0.400. The number of hydrogen-bond acceptors (Lipinski definition) is 2. The van der Waals surface area contributed by atoms with Crippen molar-refractivity contribution >= 4 is 5.78 Å². The van der Waals surface area contributed by atoms with Crippen LogP contribution < -0.4 is 0 Å². The largest absolute Gasteiger partial charge is 0.416 e. The number of carbonyl (C=O) groups excluding carboxylic acids is 1. The average Bonchev–Trinajstić information content (AvgIpc) is 2.15. The molecular formula is C10H8F3NO. The molecule has 0 amide bonds. The Bertz CT molecular complexity index is 400. The smallest absolute Gasteiger partial charge is 0.299 e. The molecule has 1 aromatic heterocycles. The molecule has 1 heterocycles. The predicted molar refractivity (Wildman–Crippen MR) is 46.2 cm³/mol. The second-order valence-corrected chi connectivity index (χ2v) is 3.52. The van der Waals surface area contributed by atoms with Crippen LogP contribution in [-0.2, 0) is 11.0 Å². The van der Waals surface area contributed by atoms with E-state index in [1.807, 2.05) is 0 Å². The van der Waals surface area contributed by atoms with Crippen LogP contribution in [0.5, 0.6) is 0 Å². The Hall–Kier alpha value is -1.39. The summed E-state index contributed by atoms with van der Waals surface area (Å²) in [5.41, 5.74) is -0.506. The Kier molecular flexibility index (Phi) is 2.25. The van der Waals surface area contributed by atoms with E-state index in [-0.39, 0.29) is 11.5 Å². The number of ketones is 1. The van der Waals surface area contributed by atoms with Crippen molar-refractivity contribution in [3.8, 4) is 0 Å². The zero-order valence-electron chi connectivity index (χ0n) is 7.71. The zero-order valence-corrected chi connectivity index (χ0v) is 7.71. The third-order valence-corrected chi connectivity index (χ3v) is 2.53. The van der Waals surface area contributed by atoms with Crippen LogP contribution in [0.3, 0.4) is 0 Å². The van der Waals surface area contributed by atoms with E-state index in [0.717, 1.165) is 18.3 Å². The minimum absolute atomic E-state index is 0.0261. The van der Waals surface area contributed by atoms with Crippen LogP contribution in [0.2, 0.25) is 0 Å². The Morgan fingerprint density at radius 1 is 1.40 bits per heavy atom. The lowest BCUT2D eigenvalue weighted by Crippen LogP contribution is -2.24. The molecule has 1 fully saturated rings. The first-order valence-electron chi connectivity index (χ1n) is 4.54. The molecule has 2 nitrogen and oxygen atoms in total. The fourth-order valence-corrected chi connectivity index (χ4v) is 1.53. The maximum absolute atomic E-state index is 12.3. The van der Waals surface area contributed by atoms with Gasteiger partial charge in [-0.3, -0.25) is 9.78 Å². The lowest BCUT2D eigenvalue weighted by atomic mass is 9.81. The Labute approximate surface area is 84.1 Å². The summed E-state index contributed by atoms with van der Waals surface area (Å²) in [6, 6.07) is 1.87. The molecule has 1 aromatic rings. The van der Waals surface area contributed by atoms with Gasteiger partial charge in [0.2, 0.25) is 0 Å². The van der Waals surface area contributed by atoms with Gasteiger partial charge in [-0.25, -0.2) is 0 Å². The predicted octanol–water partition coefficient (Wildman–Crippen LogP) is 2.55. The van der Waals surface area contributed by atoms with Gasteiger partial charge in [0.25, 0.3) is 0 Å². The minimum Gasteiger partial charge on any atom is -0.299 e. The summed E-state index contributed by atoms with van der Waals surface area (Å²) in [5.74, 6) is -0.450. The topological polar surface area (TPSA) is 30.0 Å². The van der Waals surface area contributed by atoms with Crippen molar-refractivity contribution in [2.75, 3.05) is 0 Å². The van der Waals surface area contributed by atoms with Gasteiger partial charge in [0.1, 0.15) is 5.78 Å². The van der Waals surface area contributed by atoms with Crippen LogP contribution in [0.1, 0.15) is 30.0 Å². The Morgan fingerprint density at radius 3 is 2.60 bits per heavy atom. The van der Waals surface area contributed by atoms with Gasteiger partial charge in [-0.2, -0.15) is 13.2 Å². The summed E-state index contributed by atoms with van der Waals surface area (Å²) >= 11 is 0. The number of nitrogens with zero attached hydrogens (tertiary/aromatic N) is 1. The van der Waals surface area contributed by atoms with Gasteiger partial charge in [-0.1, -0.05) is 0 Å². The zero-order chi connectivity index (χ0) is 11.1. The first kappa shape index (κ1) is 10.1. The number of pyridine rings is 1. The molecule has 0 bridgehead atoms. The molecule has 0 aliphatic heterocycles. The van der Waals surface area contributed by atoms with E-state index in [4.69, 9.17) is 0 Å². The second-order valence-electron chi connectivity index (χ2n) is 3.52. The molecule has 1 unspecified atom stereocenters. The lowest BCUT2D eigenvalue weighted by Gasteiger charge is -2.23. The van der Waals surface area contributed by atoms with E-state index in [1.165, 1.54) is 0 Å². The maximum atomic E-state index is 12.3. The third-order valence-electron chi connectivity index (χ3n) is 2.53. The first-order chi connectivity index (χ1) is 6.98. The molecule has 0 saturated heterocycles. The second kappa shape index (κ2) is 3.32. The molecule has 80 valence electrons. The molecule has 0 radical (unpaired) electrons. The van der Waals surface area contributed by atoms with Crippen LogP contribution in [0.25, 0.3) is 0 Å². The van der Waals surface area contributed by atoms with Crippen LogP contribution in [0.15, 0.2) is 18.3 Å². The van der Waals surface area contributed by atoms with Crippen molar-refractivity contribution in [2.45, 2.75) is 24.9 Å². The number of carbonyl (C=O) groups is 1. The molecule has 0 N–H and O–H groups in total. The van der Waals surface area contributed by atoms with E-state index in [9.17, 15) is 18.0 Å². The Balaban J connectivity index is 2.31. The molecule has 15 heavy (non-hydrogen) atoms. The van der Waals surface area contributed by atoms with E-state index in [0.29, 0.717) is 12.8 Å². The van der Waals surface area contributed by atoms with Crippen molar-refractivity contribution in [1.82, 2.24) is 4.98 Å². The number of halogens is 3. The monoisotopic (exact) mass is 215 g/mol. The highest BCUT2D eigenvalue weighted by Crippen LogP contribution is 2.35. The molecule has 2 rings (SSSR count). The summed E-state index contributed by atoms with van der Waals surface area (Å²) in [6.07, 6.45) is -2.22. The fourth-order valence-electron chi connectivity index (χ4n) is 1.53. The van der Waals surface area contributed by atoms with Crippen LogP contribution >= 0.6 is 0 Å². The van der Waals surface area contributed by atoms with Gasteiger partial charge in [-0.05, 0) is 18.6 Å². The highest BCUT2D eigenvalue weighted by molar-refractivity contribution is 5.90. The highest BCUT2D eigenvalue weighted by Gasteiger charge is 2.34. The summed E-state index contributed by atoms with van der Waals surface area (Å²) in [4.78, 5) is 14.9. The van der Waals surface area contributed by atoms with Crippen LogP contribution in [-0.4, -0.2) is 10.8 Å². The number of rotatable bonds is 1. The summed E-state index contributed by atoms with van der Waals surface area (Å²) < 4.78 is 37.0. The number of alkyl halides is 3. The van der Waals surface area contributed by atoms with Gasteiger partial charge < -0.3 is 0 Å². The summed E-state index contributed by atoms with van der Waals surface area (Å²) in [6.45, 7) is 0. The maximum Gasteiger partial charge on any atom is 0.416 e. The third kappa shape index (κ3) is 1.86. The number of Topliss-reactive ketones (excluding diaryl/α,β-unsaturated/α-hetero) is 1. The molecule has 0 aromatic carbocycles. The van der Waals surface area contributed by atoms with Crippen molar-refractivity contribution in [2.24, 2.45) is 0 Å². The quantitative estimate of drug-likeness (QED) is 0.720. The van der Waals surface area contributed by atoms with E-state index >= 15 is 0 Å². The highest BCUT2D eigenvalue weighted by atomic mass is 19.4. The molecular weight excluding hydrogens is 207 g/mol. The molecule has 1 atom stereocenters. The van der Waals surface area contributed by atoms with Gasteiger partial charge in [0.05, 0.1) is 17.2 Å². The lowest BCUT2D eigenvalue weighted by molar-refractivity contribution is -0.138. The van der Waals surface area contributed by atoms with Gasteiger partial charge >= 0.3 is 6.18 Å². The van der Waals surface area contributed by atoms with E-state index in [1.54, 1.807) is 0 Å². The number of hydrogen-bond donors (Lipinski definition) is 0. The SMILES string of the molecule is O=C1CCC1c1cc(C(F)(F)F)ccn1. The standard InChI is InChI=1S/C10H8F3NO/c11-10(12,13)6-3-4-14-8(5-6)7-1-2-9(7)15/h3-5,7H,1-2H2. The van der Waals surface area contributed by atoms with Gasteiger partial charge in [0, 0.05) is 12.6 Å². The Morgan fingerprint density at radius 2 is 2.13 bits per heavy atom. The summed E-state index contributed by atoms with van der Waals surface area (Å²) in [5, 5.41) is 0. The average molecular weight is 215 g/mol. The molecule has 1 aliphatic rings. The van der Waals surface area contributed by atoms with Crippen LogP contribution in [0, 0.1) is 0 Å². The van der Waals surface area contributed by atoms with E-state index < -0.39 is 17.7 Å². The van der Waals surface area contributed by atoms with Crippen molar-refractivity contribution in [1.29, 1.82) is 0 Å². The molecule has 0 spiro atoms. The molecule has 1 saturated carbocycles. The van der Waals surface area contributed by atoms with Crippen LogP contribution in [0.4, 0.5) is 13.2 Å². The molecule has 1 aliphatic carbocycles. The number of aromatic nitrogens is 1. The van der Waals surface area contributed by atoms with Gasteiger partial charge in [0.15, 0.2) is 0 Å². The normalized spacial score (nSPS) is 21.3. The molecule has 5 heteroatoms.